The molecule has 0 heterocycles. The maximum Gasteiger partial charge on any atom is 0.0341 e. The predicted octanol–water partition coefficient (Wildman–Crippen LogP) is 0.216. The lowest BCUT2D eigenvalue weighted by atomic mass is 10.3. The van der Waals surface area contributed by atoms with Gasteiger partial charge in [0.15, 0.2) is 0 Å². The third-order valence-corrected chi connectivity index (χ3v) is 2.84. The van der Waals surface area contributed by atoms with Crippen molar-refractivity contribution in [1.29, 1.82) is 0 Å². The number of hydrogen-bond donors (Lipinski definition) is 1. The van der Waals surface area contributed by atoms with Crippen molar-refractivity contribution in [1.82, 2.24) is 0 Å². The van der Waals surface area contributed by atoms with Crippen LogP contribution in [0.15, 0.2) is 29.2 Å². The van der Waals surface area contributed by atoms with E-state index in [9.17, 15) is 17.5 Å². The summed E-state index contributed by atoms with van der Waals surface area (Å²) < 4.78 is 41.5. The van der Waals surface area contributed by atoms with Crippen LogP contribution in [0.2, 0.25) is 0 Å². The molecule has 0 aliphatic heterocycles. The molecule has 0 spiro atoms. The quantitative estimate of drug-likeness (QED) is 0.751. The minimum atomic E-state index is -2.23. The van der Waals surface area contributed by atoms with Crippen molar-refractivity contribution in [3.05, 3.63) is 24.3 Å². The van der Waals surface area contributed by atoms with Crippen LogP contribution in [0.4, 0.5) is 5.69 Å². The Kier molecular flexibility index (Phi) is 4.89. The van der Waals surface area contributed by atoms with Gasteiger partial charge in [-0.3, -0.25) is 8.42 Å². The second-order valence-corrected chi connectivity index (χ2v) is 4.65. The molecule has 1 aromatic rings. The summed E-state index contributed by atoms with van der Waals surface area (Å²) in [4.78, 5) is 0.202. The Bertz CT molecular complexity index is 365. The van der Waals surface area contributed by atoms with Crippen LogP contribution in [-0.4, -0.2) is 29.8 Å². The average molecular weight is 247 g/mol. The molecule has 0 radical (unpaired) electrons. The van der Waals surface area contributed by atoms with Gasteiger partial charge < -0.3 is 14.4 Å². The van der Waals surface area contributed by atoms with Crippen molar-refractivity contribution in [3.8, 4) is 0 Å². The van der Waals surface area contributed by atoms with Crippen LogP contribution in [0.25, 0.3) is 0 Å². The van der Waals surface area contributed by atoms with E-state index in [-0.39, 0.29) is 10.6 Å². The summed E-state index contributed by atoms with van der Waals surface area (Å²) in [5.41, 5.74) is 0.689. The first-order valence-corrected chi connectivity index (χ1v) is 6.40. The molecular formula is C8H9NO4S2-2. The summed E-state index contributed by atoms with van der Waals surface area (Å²) in [6.45, 7) is 0.302. The molecule has 2 unspecified atom stereocenters. The highest BCUT2D eigenvalue weighted by atomic mass is 32.2. The molecule has 5 nitrogen and oxygen atoms in total. The number of nitrogens with one attached hydrogen (secondary N) is 1. The zero-order valence-electron chi connectivity index (χ0n) is 7.67. The van der Waals surface area contributed by atoms with E-state index in [4.69, 9.17) is 0 Å². The Morgan fingerprint density at radius 2 is 1.73 bits per heavy atom. The minimum absolute atomic E-state index is 0.0231. The van der Waals surface area contributed by atoms with Crippen molar-refractivity contribution in [2.24, 2.45) is 0 Å². The highest BCUT2D eigenvalue weighted by Gasteiger charge is 1.94. The highest BCUT2D eigenvalue weighted by Crippen LogP contribution is 2.11. The summed E-state index contributed by atoms with van der Waals surface area (Å²) >= 11 is -4.29. The number of benzene rings is 1. The third-order valence-electron chi connectivity index (χ3n) is 1.64. The first kappa shape index (κ1) is 12.3. The van der Waals surface area contributed by atoms with Crippen LogP contribution in [0.3, 0.4) is 0 Å². The summed E-state index contributed by atoms with van der Waals surface area (Å²) in [6, 6.07) is 6.05. The van der Waals surface area contributed by atoms with Crippen LogP contribution in [0.1, 0.15) is 0 Å². The molecule has 0 saturated carbocycles. The van der Waals surface area contributed by atoms with Gasteiger partial charge in [-0.25, -0.2) is 0 Å². The molecule has 1 rings (SSSR count). The monoisotopic (exact) mass is 247 g/mol. The van der Waals surface area contributed by atoms with E-state index >= 15 is 0 Å². The summed E-state index contributed by atoms with van der Waals surface area (Å²) in [7, 11) is 0. The van der Waals surface area contributed by atoms with Crippen LogP contribution in [-0.2, 0) is 22.2 Å². The zero-order chi connectivity index (χ0) is 11.3. The van der Waals surface area contributed by atoms with Gasteiger partial charge in [0.25, 0.3) is 0 Å². The fraction of sp³-hybridized carbons (Fsp3) is 0.250. The van der Waals surface area contributed by atoms with Gasteiger partial charge in [0.05, 0.1) is 0 Å². The molecular weight excluding hydrogens is 238 g/mol. The van der Waals surface area contributed by atoms with Gasteiger partial charge in [0.2, 0.25) is 0 Å². The van der Waals surface area contributed by atoms with Crippen molar-refractivity contribution >= 4 is 27.8 Å². The molecule has 0 aromatic heterocycles. The molecule has 0 aliphatic rings. The lowest BCUT2D eigenvalue weighted by Gasteiger charge is -2.09. The second kappa shape index (κ2) is 5.96. The van der Waals surface area contributed by atoms with Gasteiger partial charge in [-0.2, -0.15) is 0 Å². The minimum Gasteiger partial charge on any atom is -0.772 e. The van der Waals surface area contributed by atoms with Gasteiger partial charge in [0, 0.05) is 22.9 Å². The average Bonchev–Trinajstić information content (AvgIpc) is 2.18. The van der Waals surface area contributed by atoms with E-state index in [0.717, 1.165) is 0 Å². The smallest absolute Gasteiger partial charge is 0.0341 e. The van der Waals surface area contributed by atoms with Crippen LogP contribution >= 0.6 is 0 Å². The number of hydrogen-bond acceptors (Lipinski definition) is 5. The second-order valence-electron chi connectivity index (χ2n) is 2.69. The Morgan fingerprint density at radius 1 is 1.13 bits per heavy atom. The van der Waals surface area contributed by atoms with E-state index < -0.39 is 22.2 Å². The van der Waals surface area contributed by atoms with Crippen molar-refractivity contribution in [3.63, 3.8) is 0 Å². The first-order chi connectivity index (χ1) is 7.09. The largest absolute Gasteiger partial charge is 0.772 e. The maximum atomic E-state index is 10.5. The van der Waals surface area contributed by atoms with Gasteiger partial charge in [0.1, 0.15) is 0 Å². The highest BCUT2D eigenvalue weighted by molar-refractivity contribution is 7.79. The van der Waals surface area contributed by atoms with E-state index in [1.54, 1.807) is 12.1 Å². The maximum absolute atomic E-state index is 10.5. The molecule has 2 atom stereocenters. The summed E-state index contributed by atoms with van der Waals surface area (Å²) in [6.07, 6.45) is 0. The van der Waals surface area contributed by atoms with Crippen LogP contribution in [0, 0.1) is 0 Å². The zero-order valence-corrected chi connectivity index (χ0v) is 9.31. The molecule has 1 aromatic carbocycles. The predicted molar refractivity (Wildman–Crippen MR) is 55.9 cm³/mol. The number of anilines is 1. The van der Waals surface area contributed by atoms with Crippen molar-refractivity contribution in [2.45, 2.75) is 4.90 Å². The Balaban J connectivity index is 2.50. The SMILES string of the molecule is O=S([O-])CCNc1ccc(S(=O)[O-])cc1. The van der Waals surface area contributed by atoms with Crippen LogP contribution in [0.5, 0.6) is 0 Å². The number of rotatable bonds is 5. The molecule has 0 bridgehead atoms. The first-order valence-electron chi connectivity index (χ1n) is 4.08. The van der Waals surface area contributed by atoms with Gasteiger partial charge in [-0.1, -0.05) is 11.1 Å². The standard InChI is InChI=1S/C8H11NO4S2/c10-14(11)6-5-9-7-1-3-8(4-2-7)15(12)13/h1-4,9H,5-6H2,(H,10,11)(H,12,13)/p-2. The molecule has 0 amide bonds. The fourth-order valence-corrected chi connectivity index (χ4v) is 1.59. The van der Waals surface area contributed by atoms with E-state index in [2.05, 4.69) is 5.32 Å². The van der Waals surface area contributed by atoms with E-state index in [0.29, 0.717) is 12.2 Å². The van der Waals surface area contributed by atoms with Gasteiger partial charge in [-0.15, -0.1) is 0 Å². The molecule has 1 N–H and O–H groups in total. The molecule has 0 aliphatic carbocycles. The van der Waals surface area contributed by atoms with Crippen molar-refractivity contribution in [2.75, 3.05) is 17.6 Å². The summed E-state index contributed by atoms with van der Waals surface area (Å²) in [5.74, 6) is 0.0231. The van der Waals surface area contributed by atoms with Gasteiger partial charge >= 0.3 is 0 Å². The summed E-state index contributed by atoms with van der Waals surface area (Å²) in [5, 5.41) is 2.85. The Hall–Kier alpha value is -0.760. The molecule has 0 saturated heterocycles. The van der Waals surface area contributed by atoms with E-state index in [1.165, 1.54) is 12.1 Å². The molecule has 15 heavy (non-hydrogen) atoms. The Morgan fingerprint density at radius 3 is 2.20 bits per heavy atom. The van der Waals surface area contributed by atoms with Crippen LogP contribution < -0.4 is 5.32 Å². The normalized spacial score (nSPS) is 14.5. The van der Waals surface area contributed by atoms with Gasteiger partial charge in [-0.05, 0) is 35.3 Å². The lowest BCUT2D eigenvalue weighted by molar-refractivity contribution is 0.536. The topological polar surface area (TPSA) is 92.3 Å². The molecule has 84 valence electrons. The fourth-order valence-electron chi connectivity index (χ4n) is 0.963. The van der Waals surface area contributed by atoms with E-state index in [1.807, 2.05) is 0 Å². The molecule has 0 fully saturated rings. The Labute approximate surface area is 92.5 Å². The third kappa shape index (κ3) is 4.52. The lowest BCUT2D eigenvalue weighted by Crippen LogP contribution is -2.10. The molecule has 7 heteroatoms. The van der Waals surface area contributed by atoms with Crippen molar-refractivity contribution < 1.29 is 17.5 Å².